The Morgan fingerprint density at radius 3 is 2.33 bits per heavy atom. The first-order valence-electron chi connectivity index (χ1n) is 6.86. The highest BCUT2D eigenvalue weighted by atomic mass is 16.4. The molecule has 0 unspecified atom stereocenters. The topological polar surface area (TPSA) is 49.3 Å². The zero-order valence-electron chi connectivity index (χ0n) is 10.7. The Hall–Kier alpha value is -1.51. The van der Waals surface area contributed by atoms with Gasteiger partial charge in [-0.3, -0.25) is 0 Å². The molecule has 1 aromatic carbocycles. The summed E-state index contributed by atoms with van der Waals surface area (Å²) >= 11 is 0. The monoisotopic (exact) mass is 247 g/mol. The minimum Gasteiger partial charge on any atom is -0.478 e. The third kappa shape index (κ3) is 3.49. The summed E-state index contributed by atoms with van der Waals surface area (Å²) in [6.45, 7) is 0. The number of hydrogen-bond donors (Lipinski definition) is 2. The van der Waals surface area contributed by atoms with E-state index >= 15 is 0 Å². The van der Waals surface area contributed by atoms with Crippen molar-refractivity contribution in [2.75, 3.05) is 5.32 Å². The smallest absolute Gasteiger partial charge is 0.337 e. The number of rotatable bonds is 3. The predicted octanol–water partition coefficient (Wildman–Crippen LogP) is 3.91. The van der Waals surface area contributed by atoms with E-state index in [9.17, 15) is 4.79 Å². The number of aromatic carboxylic acids is 1. The molecule has 98 valence electrons. The number of carboxylic acid groups (broad SMARTS) is 1. The van der Waals surface area contributed by atoms with E-state index in [1.54, 1.807) is 12.1 Å². The average molecular weight is 247 g/mol. The van der Waals surface area contributed by atoms with Crippen LogP contribution in [-0.2, 0) is 0 Å². The first-order chi connectivity index (χ1) is 8.77. The highest BCUT2D eigenvalue weighted by molar-refractivity contribution is 5.94. The lowest BCUT2D eigenvalue weighted by Gasteiger charge is -2.23. The van der Waals surface area contributed by atoms with Crippen molar-refractivity contribution in [2.24, 2.45) is 0 Å². The first-order valence-corrected chi connectivity index (χ1v) is 6.86. The molecule has 0 bridgehead atoms. The number of para-hydroxylation sites is 1. The molecule has 0 radical (unpaired) electrons. The van der Waals surface area contributed by atoms with Crippen molar-refractivity contribution in [1.82, 2.24) is 0 Å². The molecule has 0 atom stereocenters. The van der Waals surface area contributed by atoms with E-state index in [1.165, 1.54) is 32.1 Å². The van der Waals surface area contributed by atoms with Crippen molar-refractivity contribution in [3.63, 3.8) is 0 Å². The van der Waals surface area contributed by atoms with Gasteiger partial charge in [0.25, 0.3) is 0 Å². The summed E-state index contributed by atoms with van der Waals surface area (Å²) in [5, 5.41) is 12.6. The fraction of sp³-hybridized carbons (Fsp3) is 0.533. The zero-order valence-corrected chi connectivity index (χ0v) is 10.7. The van der Waals surface area contributed by atoms with Crippen LogP contribution in [0.5, 0.6) is 0 Å². The van der Waals surface area contributed by atoms with Crippen LogP contribution >= 0.6 is 0 Å². The lowest BCUT2D eigenvalue weighted by atomic mass is 9.96. The molecule has 18 heavy (non-hydrogen) atoms. The number of carbonyl (C=O) groups is 1. The van der Waals surface area contributed by atoms with Crippen LogP contribution in [0.3, 0.4) is 0 Å². The van der Waals surface area contributed by atoms with E-state index in [-0.39, 0.29) is 0 Å². The van der Waals surface area contributed by atoms with Crippen LogP contribution in [0.1, 0.15) is 55.3 Å². The van der Waals surface area contributed by atoms with Crippen molar-refractivity contribution in [1.29, 1.82) is 0 Å². The lowest BCUT2D eigenvalue weighted by Crippen LogP contribution is -2.22. The molecule has 0 spiro atoms. The number of anilines is 1. The second kappa shape index (κ2) is 6.43. The van der Waals surface area contributed by atoms with Crippen LogP contribution in [-0.4, -0.2) is 17.1 Å². The van der Waals surface area contributed by atoms with Gasteiger partial charge in [-0.25, -0.2) is 4.79 Å². The third-order valence-corrected chi connectivity index (χ3v) is 3.62. The van der Waals surface area contributed by atoms with Crippen molar-refractivity contribution in [3.8, 4) is 0 Å². The Morgan fingerprint density at radius 1 is 1.06 bits per heavy atom. The number of nitrogens with one attached hydrogen (secondary N) is 1. The van der Waals surface area contributed by atoms with Gasteiger partial charge in [-0.15, -0.1) is 0 Å². The standard InChI is InChI=1S/C15H21NO2/c17-15(18)13-10-6-7-11-14(13)16-12-8-4-2-1-3-5-9-12/h6-7,10-12,16H,1-5,8-9H2,(H,17,18). The molecule has 0 heterocycles. The maximum Gasteiger partial charge on any atom is 0.337 e. The van der Waals surface area contributed by atoms with Crippen molar-refractivity contribution in [2.45, 2.75) is 51.0 Å². The van der Waals surface area contributed by atoms with E-state index in [4.69, 9.17) is 5.11 Å². The van der Waals surface area contributed by atoms with Crippen LogP contribution in [0.2, 0.25) is 0 Å². The maximum atomic E-state index is 11.1. The molecule has 1 fully saturated rings. The van der Waals surface area contributed by atoms with Gasteiger partial charge in [0.15, 0.2) is 0 Å². The molecule has 0 aromatic heterocycles. The highest BCUT2D eigenvalue weighted by Crippen LogP contribution is 2.22. The number of hydrogen-bond acceptors (Lipinski definition) is 2. The SMILES string of the molecule is O=C(O)c1ccccc1NC1CCCCCCC1. The summed E-state index contributed by atoms with van der Waals surface area (Å²) in [7, 11) is 0. The zero-order chi connectivity index (χ0) is 12.8. The molecule has 0 amide bonds. The first kappa shape index (κ1) is 12.9. The van der Waals surface area contributed by atoms with Gasteiger partial charge in [0.1, 0.15) is 0 Å². The second-order valence-electron chi connectivity index (χ2n) is 5.04. The Morgan fingerprint density at radius 2 is 1.67 bits per heavy atom. The molecular formula is C15H21NO2. The summed E-state index contributed by atoms with van der Waals surface area (Å²) < 4.78 is 0. The van der Waals surface area contributed by atoms with Crippen LogP contribution in [0.25, 0.3) is 0 Å². The summed E-state index contributed by atoms with van der Waals surface area (Å²) in [5.41, 5.74) is 1.13. The molecule has 1 aliphatic carbocycles. The van der Waals surface area contributed by atoms with Crippen molar-refractivity contribution < 1.29 is 9.90 Å². The average Bonchev–Trinajstić information content (AvgIpc) is 2.33. The van der Waals surface area contributed by atoms with Gasteiger partial charge in [0.05, 0.1) is 5.56 Å². The molecule has 1 saturated carbocycles. The maximum absolute atomic E-state index is 11.1. The van der Waals surface area contributed by atoms with Gasteiger partial charge in [0, 0.05) is 11.7 Å². The Bertz CT molecular complexity index is 395. The fourth-order valence-corrected chi connectivity index (χ4v) is 2.62. The van der Waals surface area contributed by atoms with Crippen molar-refractivity contribution >= 4 is 11.7 Å². The molecule has 3 nitrogen and oxygen atoms in total. The van der Waals surface area contributed by atoms with Crippen LogP contribution < -0.4 is 5.32 Å². The molecule has 2 N–H and O–H groups in total. The Kier molecular flexibility index (Phi) is 4.62. The molecule has 2 rings (SSSR count). The largest absolute Gasteiger partial charge is 0.478 e. The molecular weight excluding hydrogens is 226 g/mol. The number of carboxylic acids is 1. The van der Waals surface area contributed by atoms with Gasteiger partial charge in [0.2, 0.25) is 0 Å². The van der Waals surface area contributed by atoms with Crippen molar-refractivity contribution in [3.05, 3.63) is 29.8 Å². The second-order valence-corrected chi connectivity index (χ2v) is 5.04. The van der Waals surface area contributed by atoms with E-state index in [2.05, 4.69) is 5.32 Å². The predicted molar refractivity (Wildman–Crippen MR) is 73.1 cm³/mol. The molecule has 3 heteroatoms. The summed E-state index contributed by atoms with van der Waals surface area (Å²) in [5.74, 6) is -0.857. The van der Waals surface area contributed by atoms with Gasteiger partial charge in [-0.1, -0.05) is 44.2 Å². The molecule has 1 aromatic rings. The van der Waals surface area contributed by atoms with Crippen LogP contribution in [0, 0.1) is 0 Å². The van der Waals surface area contributed by atoms with E-state index < -0.39 is 5.97 Å². The van der Waals surface area contributed by atoms with Gasteiger partial charge < -0.3 is 10.4 Å². The highest BCUT2D eigenvalue weighted by Gasteiger charge is 2.14. The summed E-state index contributed by atoms with van der Waals surface area (Å²) in [6.07, 6.45) is 8.73. The molecule has 0 saturated heterocycles. The Balaban J connectivity index is 2.05. The van der Waals surface area contributed by atoms with Gasteiger partial charge >= 0.3 is 5.97 Å². The third-order valence-electron chi connectivity index (χ3n) is 3.62. The van der Waals surface area contributed by atoms with E-state index in [1.807, 2.05) is 12.1 Å². The summed E-state index contributed by atoms with van der Waals surface area (Å²) in [6, 6.07) is 7.60. The normalized spacial score (nSPS) is 17.8. The lowest BCUT2D eigenvalue weighted by molar-refractivity contribution is 0.0698. The minimum atomic E-state index is -0.857. The van der Waals surface area contributed by atoms with E-state index in [0.717, 1.165) is 18.5 Å². The van der Waals surface area contributed by atoms with Crippen LogP contribution in [0.4, 0.5) is 5.69 Å². The van der Waals surface area contributed by atoms with Gasteiger partial charge in [-0.2, -0.15) is 0 Å². The summed E-state index contributed by atoms with van der Waals surface area (Å²) in [4.78, 5) is 11.1. The minimum absolute atomic E-state index is 0.375. The van der Waals surface area contributed by atoms with Gasteiger partial charge in [-0.05, 0) is 25.0 Å². The fourth-order valence-electron chi connectivity index (χ4n) is 2.62. The molecule has 0 aliphatic heterocycles. The molecule has 1 aliphatic rings. The van der Waals surface area contributed by atoms with Crippen LogP contribution in [0.15, 0.2) is 24.3 Å². The van der Waals surface area contributed by atoms with E-state index in [0.29, 0.717) is 11.6 Å². The Labute approximate surface area is 108 Å². The quantitative estimate of drug-likeness (QED) is 0.851. The number of benzene rings is 1.